The second kappa shape index (κ2) is 5.12. The highest BCUT2D eigenvalue weighted by atomic mass is 16.5. The van der Waals surface area contributed by atoms with E-state index in [2.05, 4.69) is 15.4 Å². The van der Waals surface area contributed by atoms with Crippen LogP contribution in [-0.4, -0.2) is 9.97 Å². The van der Waals surface area contributed by atoms with Gasteiger partial charge in [0.05, 0.1) is 11.6 Å². The molecule has 0 aliphatic carbocycles. The second-order valence-corrected chi connectivity index (χ2v) is 3.57. The average Bonchev–Trinajstić information content (AvgIpc) is 2.41. The van der Waals surface area contributed by atoms with Gasteiger partial charge in [0, 0.05) is 11.8 Å². The minimum absolute atomic E-state index is 0.270. The number of aromatic nitrogens is 2. The fourth-order valence-electron chi connectivity index (χ4n) is 1.34. The first-order valence-electron chi connectivity index (χ1n) is 5.21. The van der Waals surface area contributed by atoms with Crippen molar-refractivity contribution in [2.24, 2.45) is 5.84 Å². The molecule has 0 spiro atoms. The molecule has 3 N–H and O–H groups in total. The number of anilines is 1. The fraction of sp³-hybridized carbons (Fsp3) is 0.0833. The predicted octanol–water partition coefficient (Wildman–Crippen LogP) is 1.73. The summed E-state index contributed by atoms with van der Waals surface area (Å²) >= 11 is 0. The third-order valence-electron chi connectivity index (χ3n) is 2.23. The molecule has 6 heteroatoms. The van der Waals surface area contributed by atoms with E-state index in [1.807, 2.05) is 13.0 Å². The van der Waals surface area contributed by atoms with Gasteiger partial charge >= 0.3 is 0 Å². The van der Waals surface area contributed by atoms with Crippen LogP contribution in [0.4, 0.5) is 5.95 Å². The van der Waals surface area contributed by atoms with Gasteiger partial charge in [-0.05, 0) is 25.1 Å². The lowest BCUT2D eigenvalue weighted by Crippen LogP contribution is -2.11. The standard InChI is InChI=1S/C12H11N5O/c1-8-7-15-12(17-14)16-11(8)18-10-4-2-3-9(5-10)6-13/h2-5,7H,14H2,1H3,(H,15,16,17). The Bertz CT molecular complexity index is 606. The SMILES string of the molecule is Cc1cnc(NN)nc1Oc1cccc(C#N)c1. The average molecular weight is 241 g/mol. The molecule has 0 radical (unpaired) electrons. The van der Waals surface area contributed by atoms with E-state index in [9.17, 15) is 0 Å². The van der Waals surface area contributed by atoms with Crippen molar-refractivity contribution in [1.82, 2.24) is 9.97 Å². The third kappa shape index (κ3) is 2.53. The van der Waals surface area contributed by atoms with Crippen LogP contribution in [0.3, 0.4) is 0 Å². The zero-order valence-corrected chi connectivity index (χ0v) is 9.71. The predicted molar refractivity (Wildman–Crippen MR) is 65.8 cm³/mol. The number of nitrogens with one attached hydrogen (secondary N) is 1. The van der Waals surface area contributed by atoms with E-state index in [-0.39, 0.29) is 5.95 Å². The van der Waals surface area contributed by atoms with Crippen molar-refractivity contribution in [2.75, 3.05) is 5.43 Å². The van der Waals surface area contributed by atoms with E-state index in [1.165, 1.54) is 0 Å². The second-order valence-electron chi connectivity index (χ2n) is 3.57. The van der Waals surface area contributed by atoms with Crippen molar-refractivity contribution in [3.05, 3.63) is 41.6 Å². The van der Waals surface area contributed by atoms with Crippen LogP contribution in [0.5, 0.6) is 11.6 Å². The third-order valence-corrected chi connectivity index (χ3v) is 2.23. The van der Waals surface area contributed by atoms with Crippen LogP contribution in [0.1, 0.15) is 11.1 Å². The molecule has 0 bridgehead atoms. The molecule has 2 aromatic rings. The summed E-state index contributed by atoms with van der Waals surface area (Å²) in [5, 5.41) is 8.81. The molecule has 90 valence electrons. The zero-order chi connectivity index (χ0) is 13.0. The van der Waals surface area contributed by atoms with Gasteiger partial charge in [-0.1, -0.05) is 6.07 Å². The maximum atomic E-state index is 8.81. The Morgan fingerprint density at radius 3 is 3.00 bits per heavy atom. The Kier molecular flexibility index (Phi) is 3.36. The molecule has 0 amide bonds. The molecule has 18 heavy (non-hydrogen) atoms. The Morgan fingerprint density at radius 2 is 2.28 bits per heavy atom. The number of benzene rings is 1. The minimum Gasteiger partial charge on any atom is -0.439 e. The number of nitrogen functional groups attached to an aromatic ring is 1. The summed E-state index contributed by atoms with van der Waals surface area (Å²) in [6, 6.07) is 8.87. The first kappa shape index (κ1) is 11.8. The number of hydrogen-bond acceptors (Lipinski definition) is 6. The Balaban J connectivity index is 2.30. The van der Waals surface area contributed by atoms with Crippen molar-refractivity contribution in [1.29, 1.82) is 5.26 Å². The lowest BCUT2D eigenvalue weighted by molar-refractivity contribution is 0.458. The fourth-order valence-corrected chi connectivity index (χ4v) is 1.34. The van der Waals surface area contributed by atoms with Crippen molar-refractivity contribution >= 4 is 5.95 Å². The lowest BCUT2D eigenvalue weighted by atomic mass is 10.2. The smallest absolute Gasteiger partial charge is 0.240 e. The highest BCUT2D eigenvalue weighted by Gasteiger charge is 2.06. The quantitative estimate of drug-likeness (QED) is 0.627. The Labute approximate surface area is 104 Å². The van der Waals surface area contributed by atoms with E-state index in [0.717, 1.165) is 5.56 Å². The molecule has 0 aliphatic rings. The van der Waals surface area contributed by atoms with Crippen LogP contribution in [0.25, 0.3) is 0 Å². The van der Waals surface area contributed by atoms with Gasteiger partial charge in [0.15, 0.2) is 0 Å². The molecular formula is C12H11N5O. The van der Waals surface area contributed by atoms with Gasteiger partial charge in [-0.3, -0.25) is 5.43 Å². The molecule has 1 aromatic heterocycles. The molecule has 0 unspecified atom stereocenters. The molecule has 1 heterocycles. The van der Waals surface area contributed by atoms with Crippen molar-refractivity contribution in [3.63, 3.8) is 0 Å². The van der Waals surface area contributed by atoms with Crippen molar-refractivity contribution in [3.8, 4) is 17.7 Å². The molecule has 0 atom stereocenters. The van der Waals surface area contributed by atoms with E-state index in [4.69, 9.17) is 15.8 Å². The zero-order valence-electron chi connectivity index (χ0n) is 9.71. The van der Waals surface area contributed by atoms with Crippen LogP contribution < -0.4 is 16.0 Å². The topological polar surface area (TPSA) is 96.8 Å². The maximum absolute atomic E-state index is 8.81. The van der Waals surface area contributed by atoms with Gasteiger partial charge in [0.25, 0.3) is 0 Å². The number of ether oxygens (including phenoxy) is 1. The Hall–Kier alpha value is -2.65. The van der Waals surface area contributed by atoms with Crippen molar-refractivity contribution < 1.29 is 4.74 Å². The van der Waals surface area contributed by atoms with Crippen LogP contribution in [-0.2, 0) is 0 Å². The number of nitriles is 1. The highest BCUT2D eigenvalue weighted by Crippen LogP contribution is 2.23. The van der Waals surface area contributed by atoms with Crippen LogP contribution in [0.15, 0.2) is 30.5 Å². The summed E-state index contributed by atoms with van der Waals surface area (Å²) in [4.78, 5) is 8.04. The van der Waals surface area contributed by atoms with E-state index in [0.29, 0.717) is 17.2 Å². The molecular weight excluding hydrogens is 230 g/mol. The minimum atomic E-state index is 0.270. The maximum Gasteiger partial charge on any atom is 0.240 e. The highest BCUT2D eigenvalue weighted by molar-refractivity contribution is 5.40. The molecule has 2 rings (SSSR count). The molecule has 1 aromatic carbocycles. The monoisotopic (exact) mass is 241 g/mol. The van der Waals surface area contributed by atoms with E-state index < -0.39 is 0 Å². The number of hydrogen-bond donors (Lipinski definition) is 2. The summed E-state index contributed by atoms with van der Waals surface area (Å²) in [7, 11) is 0. The van der Waals surface area contributed by atoms with Crippen LogP contribution >= 0.6 is 0 Å². The summed E-state index contributed by atoms with van der Waals surface area (Å²) in [6.45, 7) is 1.82. The molecule has 6 nitrogen and oxygen atoms in total. The van der Waals surface area contributed by atoms with Gasteiger partial charge in [-0.25, -0.2) is 10.8 Å². The number of aryl methyl sites for hydroxylation is 1. The normalized spacial score (nSPS) is 9.61. The van der Waals surface area contributed by atoms with Gasteiger partial charge in [0.2, 0.25) is 11.8 Å². The number of rotatable bonds is 3. The van der Waals surface area contributed by atoms with Gasteiger partial charge in [-0.2, -0.15) is 10.2 Å². The largest absolute Gasteiger partial charge is 0.439 e. The summed E-state index contributed by atoms with van der Waals surface area (Å²) in [5.41, 5.74) is 3.65. The lowest BCUT2D eigenvalue weighted by Gasteiger charge is -2.08. The summed E-state index contributed by atoms with van der Waals surface area (Å²) < 4.78 is 5.60. The first-order chi connectivity index (χ1) is 8.72. The van der Waals surface area contributed by atoms with Crippen molar-refractivity contribution in [2.45, 2.75) is 6.92 Å². The van der Waals surface area contributed by atoms with Gasteiger partial charge in [-0.15, -0.1) is 0 Å². The molecule has 0 saturated heterocycles. The first-order valence-corrected chi connectivity index (χ1v) is 5.21. The van der Waals surface area contributed by atoms with E-state index >= 15 is 0 Å². The molecule has 0 saturated carbocycles. The number of nitrogens with zero attached hydrogens (tertiary/aromatic N) is 3. The molecule has 0 fully saturated rings. The van der Waals surface area contributed by atoms with Gasteiger partial charge in [0.1, 0.15) is 5.75 Å². The van der Waals surface area contributed by atoms with E-state index in [1.54, 1.807) is 30.5 Å². The van der Waals surface area contributed by atoms with Crippen LogP contribution in [0.2, 0.25) is 0 Å². The summed E-state index contributed by atoms with van der Waals surface area (Å²) in [5.74, 6) is 6.44. The Morgan fingerprint density at radius 1 is 1.44 bits per heavy atom. The molecule has 0 aliphatic heterocycles. The summed E-state index contributed by atoms with van der Waals surface area (Å²) in [6.07, 6.45) is 1.60. The number of hydrazine groups is 1. The number of nitrogens with two attached hydrogens (primary N) is 1. The van der Waals surface area contributed by atoms with Gasteiger partial charge < -0.3 is 4.74 Å². The van der Waals surface area contributed by atoms with Crippen LogP contribution in [0, 0.1) is 18.3 Å².